The molecular formula is C12H9NO2. The van der Waals surface area contributed by atoms with Gasteiger partial charge in [0.1, 0.15) is 11.8 Å². The number of hydrogen-bond donors (Lipinski definition) is 0. The molecule has 0 atom stereocenters. The SMILES string of the molecule is Cc1cc(-c2coc3ccccc23)on1. The van der Waals surface area contributed by atoms with Crippen molar-refractivity contribution in [3.63, 3.8) is 0 Å². The Kier molecular flexibility index (Phi) is 1.65. The van der Waals surface area contributed by atoms with E-state index in [9.17, 15) is 0 Å². The molecule has 3 nitrogen and oxygen atoms in total. The predicted molar refractivity (Wildman–Crippen MR) is 56.4 cm³/mol. The number of fused-ring (bicyclic) bond motifs is 1. The predicted octanol–water partition coefficient (Wildman–Crippen LogP) is 3.40. The first-order valence-corrected chi connectivity index (χ1v) is 4.74. The van der Waals surface area contributed by atoms with Crippen LogP contribution in [0, 0.1) is 6.92 Å². The minimum absolute atomic E-state index is 0.748. The smallest absolute Gasteiger partial charge is 0.170 e. The fourth-order valence-corrected chi connectivity index (χ4v) is 1.66. The van der Waals surface area contributed by atoms with Crippen LogP contribution in [0.25, 0.3) is 22.3 Å². The van der Waals surface area contributed by atoms with E-state index in [2.05, 4.69) is 5.16 Å². The molecule has 0 unspecified atom stereocenters. The maximum absolute atomic E-state index is 5.42. The minimum Gasteiger partial charge on any atom is -0.464 e. The molecule has 0 saturated heterocycles. The zero-order valence-corrected chi connectivity index (χ0v) is 8.23. The molecule has 2 aromatic heterocycles. The van der Waals surface area contributed by atoms with E-state index in [4.69, 9.17) is 8.94 Å². The summed E-state index contributed by atoms with van der Waals surface area (Å²) in [6, 6.07) is 9.76. The van der Waals surface area contributed by atoms with Crippen molar-refractivity contribution in [2.45, 2.75) is 6.92 Å². The number of furan rings is 1. The van der Waals surface area contributed by atoms with E-state index in [1.54, 1.807) is 6.26 Å². The van der Waals surface area contributed by atoms with Crippen LogP contribution in [0.4, 0.5) is 0 Å². The lowest BCUT2D eigenvalue weighted by atomic mass is 10.1. The summed E-state index contributed by atoms with van der Waals surface area (Å²) in [6.45, 7) is 1.90. The normalized spacial score (nSPS) is 11.0. The van der Waals surface area contributed by atoms with E-state index in [0.717, 1.165) is 28.0 Å². The Labute approximate surface area is 86.3 Å². The maximum Gasteiger partial charge on any atom is 0.170 e. The molecule has 0 aliphatic carbocycles. The Morgan fingerprint density at radius 1 is 1.20 bits per heavy atom. The maximum atomic E-state index is 5.42. The summed E-state index contributed by atoms with van der Waals surface area (Å²) < 4.78 is 10.6. The molecule has 0 amide bonds. The second kappa shape index (κ2) is 2.98. The van der Waals surface area contributed by atoms with E-state index >= 15 is 0 Å². The summed E-state index contributed by atoms with van der Waals surface area (Å²) in [4.78, 5) is 0. The van der Waals surface area contributed by atoms with Gasteiger partial charge in [-0.1, -0.05) is 23.4 Å². The van der Waals surface area contributed by atoms with Crippen LogP contribution in [-0.4, -0.2) is 5.16 Å². The third-order valence-electron chi connectivity index (χ3n) is 2.37. The minimum atomic E-state index is 0.748. The van der Waals surface area contributed by atoms with Crippen molar-refractivity contribution in [3.8, 4) is 11.3 Å². The molecule has 15 heavy (non-hydrogen) atoms. The van der Waals surface area contributed by atoms with Crippen molar-refractivity contribution in [1.29, 1.82) is 0 Å². The highest BCUT2D eigenvalue weighted by Crippen LogP contribution is 2.30. The largest absolute Gasteiger partial charge is 0.464 e. The molecule has 0 spiro atoms. The zero-order chi connectivity index (χ0) is 10.3. The van der Waals surface area contributed by atoms with Gasteiger partial charge in [0.05, 0.1) is 11.3 Å². The second-order valence-electron chi connectivity index (χ2n) is 3.48. The van der Waals surface area contributed by atoms with Crippen LogP contribution in [0.1, 0.15) is 5.69 Å². The first kappa shape index (κ1) is 8.29. The molecule has 1 aromatic carbocycles. The quantitative estimate of drug-likeness (QED) is 0.603. The van der Waals surface area contributed by atoms with Crippen LogP contribution in [0.15, 0.2) is 45.5 Å². The molecule has 0 aliphatic rings. The number of aromatic nitrogens is 1. The lowest BCUT2D eigenvalue weighted by molar-refractivity contribution is 0.427. The average Bonchev–Trinajstić information content (AvgIpc) is 2.83. The Hall–Kier alpha value is -2.03. The van der Waals surface area contributed by atoms with Crippen LogP contribution < -0.4 is 0 Å². The van der Waals surface area contributed by atoms with Crippen molar-refractivity contribution in [3.05, 3.63) is 42.3 Å². The number of hydrogen-bond acceptors (Lipinski definition) is 3. The van der Waals surface area contributed by atoms with Crippen LogP contribution in [0.5, 0.6) is 0 Å². The molecule has 2 heterocycles. The number of para-hydroxylation sites is 1. The first-order chi connectivity index (χ1) is 7.34. The van der Waals surface area contributed by atoms with Crippen LogP contribution in [0.3, 0.4) is 0 Å². The number of aryl methyl sites for hydroxylation is 1. The Balaban J connectivity index is 2.27. The van der Waals surface area contributed by atoms with Crippen molar-refractivity contribution >= 4 is 11.0 Å². The summed E-state index contributed by atoms with van der Waals surface area (Å²) in [5.74, 6) is 0.748. The van der Waals surface area contributed by atoms with E-state index in [-0.39, 0.29) is 0 Å². The van der Waals surface area contributed by atoms with Crippen molar-refractivity contribution in [2.75, 3.05) is 0 Å². The fourth-order valence-electron chi connectivity index (χ4n) is 1.66. The standard InChI is InChI=1S/C12H9NO2/c1-8-6-12(15-13-8)10-7-14-11-5-3-2-4-9(10)11/h2-7H,1H3. The van der Waals surface area contributed by atoms with E-state index in [1.165, 1.54) is 0 Å². The molecule has 3 rings (SSSR count). The van der Waals surface area contributed by atoms with Crippen molar-refractivity contribution < 1.29 is 8.94 Å². The van der Waals surface area contributed by atoms with E-state index in [0.29, 0.717) is 0 Å². The number of benzene rings is 1. The summed E-state index contributed by atoms with van der Waals surface area (Å²) in [7, 11) is 0. The highest BCUT2D eigenvalue weighted by Gasteiger charge is 2.11. The molecule has 0 N–H and O–H groups in total. The van der Waals surface area contributed by atoms with Gasteiger partial charge in [-0.3, -0.25) is 0 Å². The Morgan fingerprint density at radius 2 is 2.07 bits per heavy atom. The van der Waals surface area contributed by atoms with E-state index < -0.39 is 0 Å². The summed E-state index contributed by atoms with van der Waals surface area (Å²) in [5.41, 5.74) is 2.68. The average molecular weight is 199 g/mol. The molecule has 3 aromatic rings. The first-order valence-electron chi connectivity index (χ1n) is 4.74. The lowest BCUT2D eigenvalue weighted by Crippen LogP contribution is -1.69. The lowest BCUT2D eigenvalue weighted by Gasteiger charge is -1.89. The fraction of sp³-hybridized carbons (Fsp3) is 0.0833. The molecular weight excluding hydrogens is 190 g/mol. The topological polar surface area (TPSA) is 39.2 Å². The highest BCUT2D eigenvalue weighted by atomic mass is 16.5. The van der Waals surface area contributed by atoms with Crippen LogP contribution >= 0.6 is 0 Å². The Morgan fingerprint density at radius 3 is 2.87 bits per heavy atom. The van der Waals surface area contributed by atoms with E-state index in [1.807, 2.05) is 37.3 Å². The summed E-state index contributed by atoms with van der Waals surface area (Å²) >= 11 is 0. The molecule has 74 valence electrons. The summed E-state index contributed by atoms with van der Waals surface area (Å²) in [5, 5.41) is 4.91. The van der Waals surface area contributed by atoms with Crippen molar-refractivity contribution in [1.82, 2.24) is 5.16 Å². The van der Waals surface area contributed by atoms with Gasteiger partial charge >= 0.3 is 0 Å². The van der Waals surface area contributed by atoms with Gasteiger partial charge in [0.15, 0.2) is 5.76 Å². The molecule has 3 heteroatoms. The van der Waals surface area contributed by atoms with Crippen LogP contribution in [0.2, 0.25) is 0 Å². The van der Waals surface area contributed by atoms with Gasteiger partial charge in [-0.2, -0.15) is 0 Å². The highest BCUT2D eigenvalue weighted by molar-refractivity contribution is 5.92. The second-order valence-corrected chi connectivity index (χ2v) is 3.48. The van der Waals surface area contributed by atoms with Gasteiger partial charge in [-0.05, 0) is 13.0 Å². The van der Waals surface area contributed by atoms with Gasteiger partial charge in [0.2, 0.25) is 0 Å². The van der Waals surface area contributed by atoms with Crippen molar-refractivity contribution in [2.24, 2.45) is 0 Å². The molecule has 0 aliphatic heterocycles. The third-order valence-corrected chi connectivity index (χ3v) is 2.37. The van der Waals surface area contributed by atoms with Gasteiger partial charge in [-0.15, -0.1) is 0 Å². The molecule has 0 fully saturated rings. The monoisotopic (exact) mass is 199 g/mol. The number of nitrogens with zero attached hydrogens (tertiary/aromatic N) is 1. The van der Waals surface area contributed by atoms with Crippen LogP contribution in [-0.2, 0) is 0 Å². The van der Waals surface area contributed by atoms with Gasteiger partial charge < -0.3 is 8.94 Å². The van der Waals surface area contributed by atoms with Gasteiger partial charge in [-0.25, -0.2) is 0 Å². The Bertz CT molecular complexity index is 607. The summed E-state index contributed by atoms with van der Waals surface area (Å²) in [6.07, 6.45) is 1.70. The molecule has 0 bridgehead atoms. The van der Waals surface area contributed by atoms with Gasteiger partial charge in [0.25, 0.3) is 0 Å². The zero-order valence-electron chi connectivity index (χ0n) is 8.23. The molecule has 0 saturated carbocycles. The third kappa shape index (κ3) is 1.24. The van der Waals surface area contributed by atoms with Gasteiger partial charge in [0, 0.05) is 11.5 Å². The number of rotatable bonds is 1. The molecule has 0 radical (unpaired) electrons.